The molecule has 0 aromatic carbocycles. The zero-order chi connectivity index (χ0) is 29.1. The molecular weight excluding hydrogens is 536 g/mol. The summed E-state index contributed by atoms with van der Waals surface area (Å²) < 4.78 is 28.1. The second-order valence-corrected chi connectivity index (χ2v) is 13.9. The Morgan fingerprint density at radius 1 is 1.02 bits per heavy atom. The van der Waals surface area contributed by atoms with Crippen LogP contribution >= 0.6 is 0 Å². The quantitative estimate of drug-likeness (QED) is 0.324. The molecule has 4 saturated carbocycles. The number of Topliss-reactive ketones (excluding diaryl/α,β-unsaturated/α-hetero) is 2. The Bertz CT molecular complexity index is 1200. The second-order valence-electron chi connectivity index (χ2n) is 13.9. The SMILES string of the molecule is CC1OC(O[C@H]2CC[C@]3(C)[C@H]4[C@H](O)C(=O)[C@]5(C)[C@@H](C6=CC(=O)OC6)CC[C@]5(O)[C@@H]4CC[C@@]3(O)C2)C(=O)C2OCOC12. The highest BCUT2D eigenvalue weighted by molar-refractivity contribution is 5.93. The first-order valence-electron chi connectivity index (χ1n) is 15.0. The molecule has 0 bridgehead atoms. The van der Waals surface area contributed by atoms with E-state index in [1.807, 2.05) is 13.8 Å². The van der Waals surface area contributed by atoms with Gasteiger partial charge in [-0.2, -0.15) is 0 Å². The van der Waals surface area contributed by atoms with Crippen LogP contribution in [0.5, 0.6) is 0 Å². The van der Waals surface area contributed by atoms with Crippen molar-refractivity contribution in [1.29, 1.82) is 0 Å². The molecule has 4 unspecified atom stereocenters. The molecule has 226 valence electrons. The van der Waals surface area contributed by atoms with Crippen LogP contribution < -0.4 is 0 Å². The molecule has 11 heteroatoms. The number of hydrogen-bond donors (Lipinski definition) is 3. The highest BCUT2D eigenvalue weighted by atomic mass is 16.8. The van der Waals surface area contributed by atoms with Gasteiger partial charge < -0.3 is 39.0 Å². The van der Waals surface area contributed by atoms with Gasteiger partial charge in [0, 0.05) is 23.8 Å². The lowest BCUT2D eigenvalue weighted by molar-refractivity contribution is -0.282. The lowest BCUT2D eigenvalue weighted by atomic mass is 9.41. The summed E-state index contributed by atoms with van der Waals surface area (Å²) in [4.78, 5) is 38.9. The van der Waals surface area contributed by atoms with Crippen LogP contribution in [0.3, 0.4) is 0 Å². The summed E-state index contributed by atoms with van der Waals surface area (Å²) in [5.41, 5.74) is -4.12. The van der Waals surface area contributed by atoms with Crippen molar-refractivity contribution in [3.8, 4) is 0 Å². The van der Waals surface area contributed by atoms with Gasteiger partial charge in [-0.25, -0.2) is 4.79 Å². The zero-order valence-electron chi connectivity index (χ0n) is 23.7. The van der Waals surface area contributed by atoms with E-state index in [1.54, 1.807) is 6.92 Å². The highest BCUT2D eigenvalue weighted by Gasteiger charge is 2.75. The van der Waals surface area contributed by atoms with E-state index in [0.29, 0.717) is 44.1 Å². The van der Waals surface area contributed by atoms with Crippen LogP contribution in [0.15, 0.2) is 11.6 Å². The standard InChI is InChI=1S/C30H40O11/c1-14-23-24(39-13-38-23)22(33)26(40-14)41-16-4-7-27(2)20-18(5-8-29(27,35)11-16)30(36)9-6-17(15-10-19(31)37-12-15)28(30,3)25(34)21(20)32/h10,14,16-18,20-21,23-24,26,32,35-36H,4-9,11-13H2,1-3H3/t14?,16-,17+,18+,20+,21-,23?,24?,26?,27+,28-,29+,30-/m0/s1. The predicted molar refractivity (Wildman–Crippen MR) is 138 cm³/mol. The van der Waals surface area contributed by atoms with Gasteiger partial charge in [-0.05, 0) is 69.8 Å². The number of fused-ring (bicyclic) bond motifs is 6. The Labute approximate surface area is 238 Å². The van der Waals surface area contributed by atoms with Gasteiger partial charge in [0.1, 0.15) is 25.6 Å². The molecule has 13 atom stereocenters. The van der Waals surface area contributed by atoms with Gasteiger partial charge in [0.15, 0.2) is 11.9 Å². The number of carbonyl (C=O) groups excluding carboxylic acids is 3. The normalized spacial score (nSPS) is 54.6. The van der Waals surface area contributed by atoms with Gasteiger partial charge in [-0.15, -0.1) is 0 Å². The maximum atomic E-state index is 14.1. The number of carbonyl (C=O) groups is 3. The molecule has 0 aromatic rings. The number of esters is 1. The summed E-state index contributed by atoms with van der Waals surface area (Å²) in [7, 11) is 0. The summed E-state index contributed by atoms with van der Waals surface area (Å²) in [6.07, 6.45) is -0.358. The molecule has 11 nitrogen and oxygen atoms in total. The zero-order valence-corrected chi connectivity index (χ0v) is 23.7. The fraction of sp³-hybridized carbons (Fsp3) is 0.833. The lowest BCUT2D eigenvalue weighted by Gasteiger charge is -2.66. The minimum absolute atomic E-state index is 0.0300. The minimum atomic E-state index is -1.39. The monoisotopic (exact) mass is 576 g/mol. The average molecular weight is 577 g/mol. The van der Waals surface area contributed by atoms with Gasteiger partial charge in [0.2, 0.25) is 12.1 Å². The Balaban J connectivity index is 1.14. The van der Waals surface area contributed by atoms with E-state index >= 15 is 0 Å². The van der Waals surface area contributed by atoms with E-state index in [-0.39, 0.29) is 25.6 Å². The van der Waals surface area contributed by atoms with Gasteiger partial charge in [-0.1, -0.05) is 6.92 Å². The third-order valence-electron chi connectivity index (χ3n) is 12.4. The topological polar surface area (TPSA) is 158 Å². The van der Waals surface area contributed by atoms with Crippen molar-refractivity contribution in [1.82, 2.24) is 0 Å². The summed E-state index contributed by atoms with van der Waals surface area (Å²) >= 11 is 0. The number of ketones is 2. The van der Waals surface area contributed by atoms with Gasteiger partial charge >= 0.3 is 5.97 Å². The van der Waals surface area contributed by atoms with Crippen LogP contribution in [0.2, 0.25) is 0 Å². The molecule has 0 amide bonds. The molecule has 2 saturated heterocycles. The number of hydrogen-bond acceptors (Lipinski definition) is 11. The smallest absolute Gasteiger partial charge is 0.331 e. The molecule has 41 heavy (non-hydrogen) atoms. The van der Waals surface area contributed by atoms with Crippen molar-refractivity contribution in [3.63, 3.8) is 0 Å². The van der Waals surface area contributed by atoms with Crippen molar-refractivity contribution in [2.24, 2.45) is 28.6 Å². The number of ether oxygens (including phenoxy) is 5. The van der Waals surface area contributed by atoms with Crippen LogP contribution in [0.25, 0.3) is 0 Å². The molecule has 3 aliphatic heterocycles. The van der Waals surface area contributed by atoms with Crippen molar-refractivity contribution < 1.29 is 53.4 Å². The first kappa shape index (κ1) is 28.1. The van der Waals surface area contributed by atoms with Gasteiger partial charge in [0.25, 0.3) is 0 Å². The van der Waals surface area contributed by atoms with Crippen LogP contribution in [0.4, 0.5) is 0 Å². The van der Waals surface area contributed by atoms with Crippen molar-refractivity contribution in [3.05, 3.63) is 11.6 Å². The third kappa shape index (κ3) is 3.60. The second kappa shape index (κ2) is 9.14. The molecule has 3 heterocycles. The van der Waals surface area contributed by atoms with E-state index in [9.17, 15) is 29.7 Å². The number of cyclic esters (lactones) is 1. The van der Waals surface area contributed by atoms with E-state index in [2.05, 4.69) is 0 Å². The maximum Gasteiger partial charge on any atom is 0.331 e. The van der Waals surface area contributed by atoms with Crippen molar-refractivity contribution in [2.75, 3.05) is 13.4 Å². The molecule has 7 rings (SSSR count). The summed E-state index contributed by atoms with van der Waals surface area (Å²) in [6.45, 7) is 5.58. The van der Waals surface area contributed by atoms with E-state index in [1.165, 1.54) is 6.08 Å². The van der Waals surface area contributed by atoms with Crippen LogP contribution in [-0.2, 0) is 38.1 Å². The van der Waals surface area contributed by atoms with Crippen molar-refractivity contribution >= 4 is 17.5 Å². The summed E-state index contributed by atoms with van der Waals surface area (Å²) in [5, 5.41) is 36.3. The summed E-state index contributed by atoms with van der Waals surface area (Å²) in [5.74, 6) is -2.68. The Morgan fingerprint density at radius 2 is 1.80 bits per heavy atom. The largest absolute Gasteiger partial charge is 0.458 e. The highest BCUT2D eigenvalue weighted by Crippen LogP contribution is 2.69. The fourth-order valence-electron chi connectivity index (χ4n) is 10.0. The number of rotatable bonds is 3. The molecular formula is C30H40O11. The molecule has 4 aliphatic carbocycles. The van der Waals surface area contributed by atoms with Gasteiger partial charge in [0.05, 0.1) is 28.8 Å². The third-order valence-corrected chi connectivity index (χ3v) is 12.4. The molecule has 7 aliphatic rings. The van der Waals surface area contributed by atoms with Crippen molar-refractivity contribution in [2.45, 2.75) is 114 Å². The average Bonchev–Trinajstić information content (AvgIpc) is 3.65. The summed E-state index contributed by atoms with van der Waals surface area (Å²) in [6, 6.07) is 0. The minimum Gasteiger partial charge on any atom is -0.458 e. The first-order valence-corrected chi connectivity index (χ1v) is 15.0. The van der Waals surface area contributed by atoms with Crippen LogP contribution in [0, 0.1) is 28.6 Å². The Kier molecular flexibility index (Phi) is 6.26. The Hall–Kier alpha value is -1.73. The predicted octanol–water partition coefficient (Wildman–Crippen LogP) is 0.949. The van der Waals surface area contributed by atoms with E-state index < -0.39 is 88.3 Å². The lowest BCUT2D eigenvalue weighted by Crippen LogP contribution is -2.73. The molecule has 3 N–H and O–H groups in total. The number of aliphatic hydroxyl groups excluding tert-OH is 1. The molecule has 0 aromatic heterocycles. The van der Waals surface area contributed by atoms with Crippen LogP contribution in [-0.4, -0.2) is 94.3 Å². The van der Waals surface area contributed by atoms with Crippen LogP contribution in [0.1, 0.15) is 65.7 Å². The molecule has 6 fully saturated rings. The van der Waals surface area contributed by atoms with Gasteiger partial charge in [-0.3, -0.25) is 9.59 Å². The van der Waals surface area contributed by atoms with E-state index in [4.69, 9.17) is 23.7 Å². The maximum absolute atomic E-state index is 14.1. The van der Waals surface area contributed by atoms with E-state index in [0.717, 1.165) is 0 Å². The fourth-order valence-corrected chi connectivity index (χ4v) is 10.0. The first-order chi connectivity index (χ1) is 19.3. The Morgan fingerprint density at radius 3 is 2.54 bits per heavy atom. The molecule has 0 radical (unpaired) electrons. The number of aliphatic hydroxyl groups is 3. The molecule has 0 spiro atoms.